The molecule has 0 heterocycles. The normalized spacial score (nSPS) is 12.4. The molecule has 0 aliphatic heterocycles. The van der Waals surface area contributed by atoms with E-state index >= 15 is 0 Å². The minimum absolute atomic E-state index is 0.140. The molecule has 21 heavy (non-hydrogen) atoms. The van der Waals surface area contributed by atoms with Crippen molar-refractivity contribution in [3.63, 3.8) is 0 Å². The number of halogens is 3. The van der Waals surface area contributed by atoms with Crippen LogP contribution in [0.3, 0.4) is 0 Å². The summed E-state index contributed by atoms with van der Waals surface area (Å²) in [7, 11) is 0. The first-order valence-corrected chi connectivity index (χ1v) is 7.38. The highest BCUT2D eigenvalue weighted by Crippen LogP contribution is 2.25. The lowest BCUT2D eigenvalue weighted by molar-refractivity contribution is 0.531. The fourth-order valence-electron chi connectivity index (χ4n) is 2.38. The second kappa shape index (κ2) is 7.53. The second-order valence-corrected chi connectivity index (χ2v) is 5.40. The van der Waals surface area contributed by atoms with Crippen LogP contribution in [0, 0.1) is 11.6 Å². The Balaban J connectivity index is 2.28. The van der Waals surface area contributed by atoms with Gasteiger partial charge in [-0.2, -0.15) is 0 Å². The molecular weight excluding hydrogens is 292 g/mol. The SMILES string of the molecule is CCNCC(Cc1cc(Cl)ccc1F)c1ccccc1F. The van der Waals surface area contributed by atoms with E-state index in [1.807, 2.05) is 6.92 Å². The molecule has 2 aromatic carbocycles. The Bertz CT molecular complexity index is 601. The van der Waals surface area contributed by atoms with E-state index in [2.05, 4.69) is 5.32 Å². The van der Waals surface area contributed by atoms with Gasteiger partial charge >= 0.3 is 0 Å². The average molecular weight is 310 g/mol. The van der Waals surface area contributed by atoms with Crippen molar-refractivity contribution in [1.29, 1.82) is 0 Å². The van der Waals surface area contributed by atoms with Crippen LogP contribution in [0.4, 0.5) is 8.78 Å². The first-order valence-electron chi connectivity index (χ1n) is 7.01. The molecule has 0 spiro atoms. The fourth-order valence-corrected chi connectivity index (χ4v) is 2.58. The van der Waals surface area contributed by atoms with E-state index in [0.29, 0.717) is 29.1 Å². The molecule has 0 radical (unpaired) electrons. The molecule has 4 heteroatoms. The van der Waals surface area contributed by atoms with Crippen molar-refractivity contribution in [2.24, 2.45) is 0 Å². The summed E-state index contributed by atoms with van der Waals surface area (Å²) in [4.78, 5) is 0. The lowest BCUT2D eigenvalue weighted by Crippen LogP contribution is -2.23. The maximum Gasteiger partial charge on any atom is 0.126 e. The smallest absolute Gasteiger partial charge is 0.126 e. The highest BCUT2D eigenvalue weighted by atomic mass is 35.5. The van der Waals surface area contributed by atoms with Crippen LogP contribution in [0.15, 0.2) is 42.5 Å². The molecule has 0 aromatic heterocycles. The summed E-state index contributed by atoms with van der Waals surface area (Å²) in [6.07, 6.45) is 0.403. The summed E-state index contributed by atoms with van der Waals surface area (Å²) in [5, 5.41) is 3.69. The number of hydrogen-bond acceptors (Lipinski definition) is 1. The van der Waals surface area contributed by atoms with Gasteiger partial charge in [-0.3, -0.25) is 0 Å². The number of nitrogens with one attached hydrogen (secondary N) is 1. The number of hydrogen-bond donors (Lipinski definition) is 1. The molecule has 1 atom stereocenters. The fraction of sp³-hybridized carbons (Fsp3) is 0.294. The highest BCUT2D eigenvalue weighted by Gasteiger charge is 2.17. The van der Waals surface area contributed by atoms with Gasteiger partial charge in [0.2, 0.25) is 0 Å². The van der Waals surface area contributed by atoms with Gasteiger partial charge in [-0.05, 0) is 48.4 Å². The van der Waals surface area contributed by atoms with Crippen molar-refractivity contribution in [3.05, 3.63) is 70.2 Å². The molecule has 0 saturated carbocycles. The third-order valence-electron chi connectivity index (χ3n) is 3.46. The first kappa shape index (κ1) is 15.9. The maximum absolute atomic E-state index is 14.0. The van der Waals surface area contributed by atoms with Gasteiger partial charge in [0.1, 0.15) is 11.6 Å². The molecule has 112 valence electrons. The van der Waals surface area contributed by atoms with Crippen LogP contribution in [0.25, 0.3) is 0 Å². The van der Waals surface area contributed by atoms with Gasteiger partial charge in [0.15, 0.2) is 0 Å². The zero-order valence-corrected chi connectivity index (χ0v) is 12.6. The summed E-state index contributed by atoms with van der Waals surface area (Å²) in [5.74, 6) is -0.709. The third-order valence-corrected chi connectivity index (χ3v) is 3.69. The lowest BCUT2D eigenvalue weighted by atomic mass is 9.91. The third kappa shape index (κ3) is 4.26. The average Bonchev–Trinajstić information content (AvgIpc) is 2.48. The van der Waals surface area contributed by atoms with Crippen molar-refractivity contribution in [2.75, 3.05) is 13.1 Å². The molecule has 1 nitrogen and oxygen atoms in total. The van der Waals surface area contributed by atoms with Gasteiger partial charge in [-0.25, -0.2) is 8.78 Å². The largest absolute Gasteiger partial charge is 0.316 e. The minimum Gasteiger partial charge on any atom is -0.316 e. The Kier molecular flexibility index (Phi) is 5.71. The Morgan fingerprint density at radius 1 is 1.10 bits per heavy atom. The van der Waals surface area contributed by atoms with E-state index in [0.717, 1.165) is 6.54 Å². The van der Waals surface area contributed by atoms with E-state index < -0.39 is 0 Å². The highest BCUT2D eigenvalue weighted by molar-refractivity contribution is 6.30. The molecule has 0 bridgehead atoms. The quantitative estimate of drug-likeness (QED) is 0.825. The summed E-state index contributed by atoms with van der Waals surface area (Å²) < 4.78 is 27.9. The van der Waals surface area contributed by atoms with Gasteiger partial charge in [0, 0.05) is 17.5 Å². The molecule has 1 N–H and O–H groups in total. The summed E-state index contributed by atoms with van der Waals surface area (Å²) in [6.45, 7) is 3.35. The van der Waals surface area contributed by atoms with Crippen LogP contribution in [0.5, 0.6) is 0 Å². The van der Waals surface area contributed by atoms with Crippen LogP contribution in [0.2, 0.25) is 5.02 Å². The second-order valence-electron chi connectivity index (χ2n) is 4.97. The van der Waals surface area contributed by atoms with E-state index in [1.54, 1.807) is 24.3 Å². The van der Waals surface area contributed by atoms with E-state index in [4.69, 9.17) is 11.6 Å². The maximum atomic E-state index is 14.0. The van der Waals surface area contributed by atoms with E-state index in [-0.39, 0.29) is 17.6 Å². The first-order chi connectivity index (χ1) is 10.1. The van der Waals surface area contributed by atoms with Crippen molar-refractivity contribution in [1.82, 2.24) is 5.32 Å². The molecule has 0 fully saturated rings. The molecule has 0 saturated heterocycles. The van der Waals surface area contributed by atoms with Crippen molar-refractivity contribution in [3.8, 4) is 0 Å². The predicted molar refractivity (Wildman–Crippen MR) is 82.8 cm³/mol. The van der Waals surface area contributed by atoms with E-state index in [9.17, 15) is 8.78 Å². The van der Waals surface area contributed by atoms with Gasteiger partial charge < -0.3 is 5.32 Å². The molecule has 0 amide bonds. The summed E-state index contributed by atoms with van der Waals surface area (Å²) in [5.41, 5.74) is 1.10. The molecule has 0 aliphatic carbocycles. The number of rotatable bonds is 6. The van der Waals surface area contributed by atoms with Crippen LogP contribution in [-0.2, 0) is 6.42 Å². The summed E-state index contributed by atoms with van der Waals surface area (Å²) >= 11 is 5.93. The molecule has 1 unspecified atom stereocenters. The van der Waals surface area contributed by atoms with Crippen molar-refractivity contribution < 1.29 is 8.78 Å². The van der Waals surface area contributed by atoms with Crippen LogP contribution in [-0.4, -0.2) is 13.1 Å². The topological polar surface area (TPSA) is 12.0 Å². The Morgan fingerprint density at radius 3 is 2.57 bits per heavy atom. The Labute approximate surface area is 128 Å². The van der Waals surface area contributed by atoms with Crippen molar-refractivity contribution >= 4 is 11.6 Å². The van der Waals surface area contributed by atoms with Gasteiger partial charge in [-0.15, -0.1) is 0 Å². The zero-order chi connectivity index (χ0) is 15.2. The van der Waals surface area contributed by atoms with Crippen LogP contribution in [0.1, 0.15) is 24.0 Å². The minimum atomic E-state index is -0.308. The van der Waals surface area contributed by atoms with Gasteiger partial charge in [0.25, 0.3) is 0 Å². The number of likely N-dealkylation sites (N-methyl/N-ethyl adjacent to an activating group) is 1. The monoisotopic (exact) mass is 309 g/mol. The van der Waals surface area contributed by atoms with Crippen LogP contribution >= 0.6 is 11.6 Å². The van der Waals surface area contributed by atoms with Gasteiger partial charge in [-0.1, -0.05) is 36.7 Å². The Morgan fingerprint density at radius 2 is 1.86 bits per heavy atom. The molecule has 2 aromatic rings. The number of benzene rings is 2. The van der Waals surface area contributed by atoms with E-state index in [1.165, 1.54) is 18.2 Å². The predicted octanol–water partition coefficient (Wildman–Crippen LogP) is 4.55. The molecule has 0 aliphatic rings. The van der Waals surface area contributed by atoms with Gasteiger partial charge in [0.05, 0.1) is 0 Å². The van der Waals surface area contributed by atoms with Crippen LogP contribution < -0.4 is 5.32 Å². The molecular formula is C17H18ClF2N. The standard InChI is InChI=1S/C17H18ClF2N/c1-2-21-11-13(15-5-3-4-6-17(15)20)9-12-10-14(18)7-8-16(12)19/h3-8,10,13,21H,2,9,11H2,1H3. The summed E-state index contributed by atoms with van der Waals surface area (Å²) in [6, 6.07) is 11.1. The van der Waals surface area contributed by atoms with Crippen molar-refractivity contribution in [2.45, 2.75) is 19.3 Å². The zero-order valence-electron chi connectivity index (χ0n) is 11.9. The Hall–Kier alpha value is -1.45. The molecule has 2 rings (SSSR count). The lowest BCUT2D eigenvalue weighted by Gasteiger charge is -2.19.